The molecule has 4 heteroatoms. The predicted molar refractivity (Wildman–Crippen MR) is 96.1 cm³/mol. The van der Waals surface area contributed by atoms with E-state index in [-0.39, 0.29) is 23.4 Å². The highest BCUT2D eigenvalue weighted by atomic mass is 19.1. The van der Waals surface area contributed by atoms with Crippen LogP contribution in [0.1, 0.15) is 49.4 Å². The van der Waals surface area contributed by atoms with Crippen molar-refractivity contribution in [3.05, 3.63) is 65.0 Å². The smallest absolute Gasteiger partial charge is 0.220 e. The summed E-state index contributed by atoms with van der Waals surface area (Å²) in [6, 6.07) is 12.3. The SMILES string of the molecule is Cc1ccc2c(c1)OC(C)(C)C[C@@H]2NC(=O)CCc1ccc(F)cc1. The lowest BCUT2D eigenvalue weighted by Gasteiger charge is -2.38. The van der Waals surface area contributed by atoms with Crippen molar-refractivity contribution in [1.29, 1.82) is 0 Å². The minimum atomic E-state index is -0.324. The molecular formula is C21H24FNO2. The maximum atomic E-state index is 12.9. The van der Waals surface area contributed by atoms with Gasteiger partial charge in [-0.05, 0) is 56.5 Å². The second-order valence-corrected chi connectivity index (χ2v) is 7.35. The summed E-state index contributed by atoms with van der Waals surface area (Å²) >= 11 is 0. The summed E-state index contributed by atoms with van der Waals surface area (Å²) in [6.07, 6.45) is 1.70. The van der Waals surface area contributed by atoms with Crippen LogP contribution >= 0.6 is 0 Å². The standard InChI is InChI=1S/C21H24FNO2/c1-14-4-10-17-18(13-21(2,3)25-19(17)12-14)23-20(24)11-7-15-5-8-16(22)9-6-15/h4-6,8-10,12,18H,7,11,13H2,1-3H3,(H,23,24)/t18-/m0/s1. The summed E-state index contributed by atoms with van der Waals surface area (Å²) in [5, 5.41) is 3.14. The van der Waals surface area contributed by atoms with E-state index < -0.39 is 0 Å². The molecule has 0 spiro atoms. The van der Waals surface area contributed by atoms with Gasteiger partial charge in [0.2, 0.25) is 5.91 Å². The summed E-state index contributed by atoms with van der Waals surface area (Å²) in [5.74, 6) is 0.586. The number of aryl methyl sites for hydroxylation is 2. The number of halogens is 1. The molecule has 0 saturated heterocycles. The number of hydrogen-bond acceptors (Lipinski definition) is 2. The van der Waals surface area contributed by atoms with Gasteiger partial charge in [-0.25, -0.2) is 4.39 Å². The van der Waals surface area contributed by atoms with E-state index in [1.165, 1.54) is 12.1 Å². The van der Waals surface area contributed by atoms with Gasteiger partial charge in [0, 0.05) is 18.4 Å². The van der Waals surface area contributed by atoms with E-state index in [4.69, 9.17) is 4.74 Å². The third-order valence-electron chi connectivity index (χ3n) is 4.52. The van der Waals surface area contributed by atoms with Crippen molar-refractivity contribution in [2.45, 2.75) is 51.7 Å². The number of amides is 1. The molecule has 1 atom stereocenters. The Hall–Kier alpha value is -2.36. The molecule has 2 aromatic rings. The molecule has 132 valence electrons. The molecule has 0 bridgehead atoms. The molecular weight excluding hydrogens is 317 g/mol. The quantitative estimate of drug-likeness (QED) is 0.890. The van der Waals surface area contributed by atoms with E-state index in [1.807, 2.05) is 39.0 Å². The zero-order valence-corrected chi connectivity index (χ0v) is 14.9. The molecule has 1 aliphatic heterocycles. The van der Waals surface area contributed by atoms with Crippen LogP contribution in [0.5, 0.6) is 5.75 Å². The normalized spacial score (nSPS) is 18.2. The van der Waals surface area contributed by atoms with Crippen molar-refractivity contribution in [3.63, 3.8) is 0 Å². The van der Waals surface area contributed by atoms with Gasteiger partial charge in [-0.3, -0.25) is 4.79 Å². The minimum absolute atomic E-state index is 0.00134. The lowest BCUT2D eigenvalue weighted by molar-refractivity contribution is -0.122. The molecule has 0 saturated carbocycles. The van der Waals surface area contributed by atoms with Crippen molar-refractivity contribution < 1.29 is 13.9 Å². The van der Waals surface area contributed by atoms with Gasteiger partial charge in [-0.2, -0.15) is 0 Å². The molecule has 3 nitrogen and oxygen atoms in total. The number of nitrogens with one attached hydrogen (secondary N) is 1. The first-order valence-electron chi connectivity index (χ1n) is 8.66. The number of rotatable bonds is 4. The summed E-state index contributed by atoms with van der Waals surface area (Å²) in [6.45, 7) is 6.10. The van der Waals surface area contributed by atoms with Crippen LogP contribution in [-0.4, -0.2) is 11.5 Å². The van der Waals surface area contributed by atoms with Crippen LogP contribution in [0.15, 0.2) is 42.5 Å². The predicted octanol–water partition coefficient (Wildman–Crippen LogP) is 4.49. The van der Waals surface area contributed by atoms with Crippen LogP contribution < -0.4 is 10.1 Å². The van der Waals surface area contributed by atoms with Crippen LogP contribution in [0.25, 0.3) is 0 Å². The van der Waals surface area contributed by atoms with Gasteiger partial charge >= 0.3 is 0 Å². The average molecular weight is 341 g/mol. The van der Waals surface area contributed by atoms with E-state index in [9.17, 15) is 9.18 Å². The van der Waals surface area contributed by atoms with E-state index in [0.717, 1.165) is 28.9 Å². The summed E-state index contributed by atoms with van der Waals surface area (Å²) in [5.41, 5.74) is 2.80. The zero-order chi connectivity index (χ0) is 18.0. The van der Waals surface area contributed by atoms with Gasteiger partial charge in [0.05, 0.1) is 6.04 Å². The average Bonchev–Trinajstić information content (AvgIpc) is 2.52. The van der Waals surface area contributed by atoms with Gasteiger partial charge in [0.15, 0.2) is 0 Å². The first-order chi connectivity index (χ1) is 11.8. The monoisotopic (exact) mass is 341 g/mol. The second-order valence-electron chi connectivity index (χ2n) is 7.35. The van der Waals surface area contributed by atoms with Gasteiger partial charge in [-0.15, -0.1) is 0 Å². The van der Waals surface area contributed by atoms with E-state index in [2.05, 4.69) is 5.32 Å². The molecule has 25 heavy (non-hydrogen) atoms. The van der Waals surface area contributed by atoms with Gasteiger partial charge in [-0.1, -0.05) is 24.3 Å². The number of carbonyl (C=O) groups excluding carboxylic acids is 1. The van der Waals surface area contributed by atoms with E-state index >= 15 is 0 Å². The number of hydrogen-bond donors (Lipinski definition) is 1. The topological polar surface area (TPSA) is 38.3 Å². The molecule has 2 aromatic carbocycles. The molecule has 0 fully saturated rings. The fraction of sp³-hybridized carbons (Fsp3) is 0.381. The first kappa shape index (κ1) is 17.5. The fourth-order valence-corrected chi connectivity index (χ4v) is 3.26. The Balaban J connectivity index is 1.67. The fourth-order valence-electron chi connectivity index (χ4n) is 3.26. The highest BCUT2D eigenvalue weighted by Gasteiger charge is 2.34. The molecule has 0 aromatic heterocycles. The molecule has 3 rings (SSSR count). The largest absolute Gasteiger partial charge is 0.487 e. The lowest BCUT2D eigenvalue weighted by Crippen LogP contribution is -2.41. The third kappa shape index (κ3) is 4.38. The maximum absolute atomic E-state index is 12.9. The second kappa shape index (κ2) is 6.87. The first-order valence-corrected chi connectivity index (χ1v) is 8.66. The number of fused-ring (bicyclic) bond motifs is 1. The Morgan fingerprint density at radius 3 is 2.68 bits per heavy atom. The minimum Gasteiger partial charge on any atom is -0.487 e. The van der Waals surface area contributed by atoms with Gasteiger partial charge in [0.1, 0.15) is 17.2 Å². The van der Waals surface area contributed by atoms with Crippen LogP contribution in [-0.2, 0) is 11.2 Å². The number of carbonyl (C=O) groups is 1. The lowest BCUT2D eigenvalue weighted by atomic mass is 9.89. The van der Waals surface area contributed by atoms with Crippen molar-refractivity contribution in [3.8, 4) is 5.75 Å². The van der Waals surface area contributed by atoms with Gasteiger partial charge < -0.3 is 10.1 Å². The Morgan fingerprint density at radius 2 is 1.96 bits per heavy atom. The Labute approximate surface area is 148 Å². The highest BCUT2D eigenvalue weighted by molar-refractivity contribution is 5.77. The Kier molecular flexibility index (Phi) is 4.80. The van der Waals surface area contributed by atoms with E-state index in [1.54, 1.807) is 12.1 Å². The molecule has 0 radical (unpaired) electrons. The molecule has 1 amide bonds. The Morgan fingerprint density at radius 1 is 1.24 bits per heavy atom. The maximum Gasteiger partial charge on any atom is 0.220 e. The molecule has 1 heterocycles. The van der Waals surface area contributed by atoms with E-state index in [0.29, 0.717) is 12.8 Å². The van der Waals surface area contributed by atoms with Crippen molar-refractivity contribution in [2.75, 3.05) is 0 Å². The van der Waals surface area contributed by atoms with Crippen LogP contribution in [0.4, 0.5) is 4.39 Å². The van der Waals surface area contributed by atoms with Crippen molar-refractivity contribution >= 4 is 5.91 Å². The summed E-state index contributed by atoms with van der Waals surface area (Å²) in [7, 11) is 0. The van der Waals surface area contributed by atoms with Crippen LogP contribution in [0.2, 0.25) is 0 Å². The molecule has 0 unspecified atom stereocenters. The van der Waals surface area contributed by atoms with Crippen LogP contribution in [0, 0.1) is 12.7 Å². The number of ether oxygens (including phenoxy) is 1. The number of benzene rings is 2. The molecule has 0 aliphatic carbocycles. The van der Waals surface area contributed by atoms with Crippen molar-refractivity contribution in [2.24, 2.45) is 0 Å². The van der Waals surface area contributed by atoms with Gasteiger partial charge in [0.25, 0.3) is 0 Å². The molecule has 1 aliphatic rings. The zero-order valence-electron chi connectivity index (χ0n) is 14.9. The van der Waals surface area contributed by atoms with Crippen molar-refractivity contribution in [1.82, 2.24) is 5.32 Å². The van der Waals surface area contributed by atoms with Crippen LogP contribution in [0.3, 0.4) is 0 Å². The summed E-state index contributed by atoms with van der Waals surface area (Å²) in [4.78, 5) is 12.4. The summed E-state index contributed by atoms with van der Waals surface area (Å²) < 4.78 is 19.0. The molecule has 1 N–H and O–H groups in total. The highest BCUT2D eigenvalue weighted by Crippen LogP contribution is 2.39. The Bertz CT molecular complexity index is 768. The third-order valence-corrected chi connectivity index (χ3v) is 4.52.